The van der Waals surface area contributed by atoms with Crippen LogP contribution in [0.2, 0.25) is 0 Å². The average Bonchev–Trinajstić information content (AvgIpc) is 3.22. The van der Waals surface area contributed by atoms with Crippen molar-refractivity contribution in [2.24, 2.45) is 5.92 Å². The van der Waals surface area contributed by atoms with Crippen LogP contribution in [-0.4, -0.2) is 43.5 Å². The van der Waals surface area contributed by atoms with E-state index < -0.39 is 5.97 Å². The number of carbonyl (C=O) groups is 3. The summed E-state index contributed by atoms with van der Waals surface area (Å²) < 4.78 is 5.16. The summed E-state index contributed by atoms with van der Waals surface area (Å²) in [5, 5.41) is 5.74. The van der Waals surface area contributed by atoms with Crippen LogP contribution in [0.25, 0.3) is 0 Å². The Morgan fingerprint density at radius 1 is 1.14 bits per heavy atom. The van der Waals surface area contributed by atoms with E-state index in [1.54, 1.807) is 12.1 Å². The first-order valence-electron chi connectivity index (χ1n) is 10.3. The summed E-state index contributed by atoms with van der Waals surface area (Å²) in [6.07, 6.45) is 7.87. The van der Waals surface area contributed by atoms with Gasteiger partial charge in [-0.15, -0.1) is 0 Å². The van der Waals surface area contributed by atoms with Gasteiger partial charge in [0.25, 0.3) is 5.91 Å². The molecule has 7 heteroatoms. The number of amides is 2. The lowest BCUT2D eigenvalue weighted by atomic mass is 9.89. The fourth-order valence-electron chi connectivity index (χ4n) is 4.47. The Balaban J connectivity index is 1.31. The molecule has 2 amide bonds. The van der Waals surface area contributed by atoms with Crippen molar-refractivity contribution in [1.29, 1.82) is 0 Å². The molecule has 150 valence electrons. The van der Waals surface area contributed by atoms with E-state index in [2.05, 4.69) is 15.5 Å². The topological polar surface area (TPSA) is 87.7 Å². The number of hydrogen-bond donors (Lipinski definition) is 2. The predicted octanol–water partition coefficient (Wildman–Crippen LogP) is 2.46. The number of hydrogen-bond acceptors (Lipinski definition) is 5. The fourth-order valence-corrected chi connectivity index (χ4v) is 4.47. The van der Waals surface area contributed by atoms with E-state index >= 15 is 0 Å². The second kappa shape index (κ2) is 8.20. The van der Waals surface area contributed by atoms with Crippen LogP contribution in [0.4, 0.5) is 11.4 Å². The summed E-state index contributed by atoms with van der Waals surface area (Å²) in [5.74, 6) is -0.330. The minimum atomic E-state index is -0.562. The van der Waals surface area contributed by atoms with Crippen molar-refractivity contribution in [1.82, 2.24) is 5.32 Å². The number of carbonyl (C=O) groups excluding carboxylic acids is 3. The van der Waals surface area contributed by atoms with Gasteiger partial charge in [-0.05, 0) is 49.8 Å². The Hall–Kier alpha value is -2.57. The van der Waals surface area contributed by atoms with E-state index in [1.807, 2.05) is 6.07 Å². The van der Waals surface area contributed by atoms with Crippen LogP contribution in [0, 0.1) is 5.92 Å². The highest BCUT2D eigenvalue weighted by atomic mass is 16.5. The molecule has 1 aromatic carbocycles. The van der Waals surface area contributed by atoms with Gasteiger partial charge in [-0.25, -0.2) is 4.79 Å². The smallest absolute Gasteiger partial charge is 0.338 e. The zero-order valence-corrected chi connectivity index (χ0v) is 16.0. The Kier molecular flexibility index (Phi) is 5.50. The van der Waals surface area contributed by atoms with Crippen molar-refractivity contribution in [2.45, 2.75) is 51.0 Å². The molecular formula is C21H27N3O4. The van der Waals surface area contributed by atoms with Crippen molar-refractivity contribution in [3.8, 4) is 0 Å². The molecule has 4 rings (SSSR count). The third-order valence-electron chi connectivity index (χ3n) is 6.00. The standard InChI is InChI=1S/C21H27N3O4/c25-19(22-12-14-5-2-1-3-6-14)13-28-21(27)15-8-9-17-16(11-15)23-20(26)18-7-4-10-24(17)18/h8-9,11,14,18H,1-7,10,12-13H2,(H,22,25)(H,23,26)/t18-/m0/s1. The minimum absolute atomic E-state index is 0.0300. The highest BCUT2D eigenvalue weighted by Crippen LogP contribution is 2.37. The van der Waals surface area contributed by atoms with Crippen molar-refractivity contribution in [2.75, 3.05) is 29.9 Å². The van der Waals surface area contributed by atoms with Crippen LogP contribution in [0.1, 0.15) is 55.3 Å². The summed E-state index contributed by atoms with van der Waals surface area (Å²) in [5.41, 5.74) is 1.89. The largest absolute Gasteiger partial charge is 0.452 e. The first-order valence-corrected chi connectivity index (χ1v) is 10.3. The minimum Gasteiger partial charge on any atom is -0.452 e. The zero-order valence-electron chi connectivity index (χ0n) is 16.0. The molecule has 0 bridgehead atoms. The van der Waals surface area contributed by atoms with Crippen LogP contribution in [0.3, 0.4) is 0 Å². The molecule has 0 spiro atoms. The number of anilines is 2. The number of esters is 1. The molecule has 1 saturated heterocycles. The molecule has 28 heavy (non-hydrogen) atoms. The maximum Gasteiger partial charge on any atom is 0.338 e. The van der Waals surface area contributed by atoms with Gasteiger partial charge in [-0.3, -0.25) is 9.59 Å². The lowest BCUT2D eigenvalue weighted by Crippen LogP contribution is -2.43. The van der Waals surface area contributed by atoms with Crippen LogP contribution in [0.15, 0.2) is 18.2 Å². The normalized spacial score (nSPS) is 21.5. The van der Waals surface area contributed by atoms with Crippen LogP contribution >= 0.6 is 0 Å². The molecule has 0 radical (unpaired) electrons. The first-order chi connectivity index (χ1) is 13.6. The molecule has 3 aliphatic rings. The summed E-state index contributed by atoms with van der Waals surface area (Å²) >= 11 is 0. The SMILES string of the molecule is O=C(COC(=O)c1ccc2c(c1)NC(=O)[C@@H]1CCCN21)NCC1CCCCC1. The lowest BCUT2D eigenvalue weighted by Gasteiger charge is -2.33. The van der Waals surface area contributed by atoms with E-state index in [1.165, 1.54) is 19.3 Å². The van der Waals surface area contributed by atoms with E-state index in [9.17, 15) is 14.4 Å². The molecule has 1 saturated carbocycles. The third kappa shape index (κ3) is 3.98. The summed E-state index contributed by atoms with van der Waals surface area (Å²) in [4.78, 5) is 38.6. The van der Waals surface area contributed by atoms with Gasteiger partial charge in [-0.1, -0.05) is 19.3 Å². The molecule has 1 aliphatic carbocycles. The fraction of sp³-hybridized carbons (Fsp3) is 0.571. The van der Waals surface area contributed by atoms with Gasteiger partial charge in [-0.2, -0.15) is 0 Å². The number of rotatable bonds is 5. The highest BCUT2D eigenvalue weighted by Gasteiger charge is 2.36. The third-order valence-corrected chi connectivity index (χ3v) is 6.00. The highest BCUT2D eigenvalue weighted by molar-refractivity contribution is 6.05. The molecule has 0 aromatic heterocycles. The molecule has 1 atom stereocenters. The van der Waals surface area contributed by atoms with Crippen molar-refractivity contribution >= 4 is 29.2 Å². The first kappa shape index (κ1) is 18.8. The quantitative estimate of drug-likeness (QED) is 0.760. The van der Waals surface area contributed by atoms with E-state index in [-0.39, 0.29) is 24.5 Å². The van der Waals surface area contributed by atoms with Crippen molar-refractivity contribution < 1.29 is 19.1 Å². The molecule has 2 N–H and O–H groups in total. The Morgan fingerprint density at radius 3 is 2.79 bits per heavy atom. The maximum absolute atomic E-state index is 12.3. The number of nitrogens with one attached hydrogen (secondary N) is 2. The predicted molar refractivity (Wildman–Crippen MR) is 105 cm³/mol. The molecule has 2 aliphatic heterocycles. The summed E-state index contributed by atoms with van der Waals surface area (Å²) in [7, 11) is 0. The van der Waals surface area contributed by atoms with Gasteiger partial charge in [0.05, 0.1) is 16.9 Å². The molecule has 0 unspecified atom stereocenters. The summed E-state index contributed by atoms with van der Waals surface area (Å²) in [6.45, 7) is 1.21. The molecule has 1 aromatic rings. The second-order valence-electron chi connectivity index (χ2n) is 7.96. The second-order valence-corrected chi connectivity index (χ2v) is 7.96. The Bertz CT molecular complexity index is 773. The van der Waals surface area contributed by atoms with Crippen molar-refractivity contribution in [3.63, 3.8) is 0 Å². The van der Waals surface area contributed by atoms with Gasteiger partial charge in [0, 0.05) is 13.1 Å². The number of benzene rings is 1. The van der Waals surface area contributed by atoms with Gasteiger partial charge in [0.2, 0.25) is 5.91 Å². The number of ether oxygens (including phenoxy) is 1. The average molecular weight is 385 g/mol. The number of nitrogens with zero attached hydrogens (tertiary/aromatic N) is 1. The Morgan fingerprint density at radius 2 is 1.96 bits per heavy atom. The summed E-state index contributed by atoms with van der Waals surface area (Å²) in [6, 6.07) is 5.04. The zero-order chi connectivity index (χ0) is 19.5. The maximum atomic E-state index is 12.3. The van der Waals surface area contributed by atoms with Gasteiger partial charge in [0.1, 0.15) is 6.04 Å². The van der Waals surface area contributed by atoms with Crippen LogP contribution < -0.4 is 15.5 Å². The molecule has 2 fully saturated rings. The Labute approximate surface area is 164 Å². The van der Waals surface area contributed by atoms with Crippen LogP contribution in [0.5, 0.6) is 0 Å². The lowest BCUT2D eigenvalue weighted by molar-refractivity contribution is -0.124. The molecular weight excluding hydrogens is 358 g/mol. The van der Waals surface area contributed by atoms with Gasteiger partial charge >= 0.3 is 5.97 Å². The monoisotopic (exact) mass is 385 g/mol. The van der Waals surface area contributed by atoms with Gasteiger partial charge < -0.3 is 20.3 Å². The van der Waals surface area contributed by atoms with Crippen LogP contribution in [-0.2, 0) is 14.3 Å². The molecule has 7 nitrogen and oxygen atoms in total. The van der Waals surface area contributed by atoms with E-state index in [4.69, 9.17) is 4.74 Å². The van der Waals surface area contributed by atoms with Gasteiger partial charge in [0.15, 0.2) is 6.61 Å². The van der Waals surface area contributed by atoms with E-state index in [0.29, 0.717) is 23.7 Å². The van der Waals surface area contributed by atoms with E-state index in [0.717, 1.165) is 37.9 Å². The molecule has 2 heterocycles. The number of fused-ring (bicyclic) bond motifs is 3. The van der Waals surface area contributed by atoms with Crippen molar-refractivity contribution in [3.05, 3.63) is 23.8 Å².